The summed E-state index contributed by atoms with van der Waals surface area (Å²) in [6.07, 6.45) is 0.977. The molecule has 0 spiro atoms. The minimum Gasteiger partial charge on any atom is -0.391 e. The lowest BCUT2D eigenvalue weighted by molar-refractivity contribution is -0.125. The van der Waals surface area contributed by atoms with Crippen LogP contribution in [0.4, 0.5) is 0 Å². The van der Waals surface area contributed by atoms with Gasteiger partial charge in [-0.1, -0.05) is 54.6 Å². The second kappa shape index (κ2) is 9.13. The Morgan fingerprint density at radius 3 is 2.30 bits per heavy atom. The minimum atomic E-state index is -0.855. The first-order chi connectivity index (χ1) is 13.0. The second-order valence-corrected chi connectivity index (χ2v) is 7.39. The number of nitrogens with one attached hydrogen (secondary N) is 1. The minimum absolute atomic E-state index is 0.138. The largest absolute Gasteiger partial charge is 0.391 e. The second-order valence-electron chi connectivity index (χ2n) is 7.39. The fourth-order valence-corrected chi connectivity index (χ4v) is 3.44. The number of hydrogen-bond donors (Lipinski definition) is 3. The molecule has 1 fully saturated rings. The monoisotopic (exact) mass is 367 g/mol. The lowest BCUT2D eigenvalue weighted by Crippen LogP contribution is -2.52. The number of likely N-dealkylation sites (tertiary alicyclic amines) is 1. The molecule has 4 N–H and O–H groups in total. The molecule has 2 aromatic rings. The van der Waals surface area contributed by atoms with Gasteiger partial charge in [-0.2, -0.15) is 0 Å². The van der Waals surface area contributed by atoms with Crippen LogP contribution >= 0.6 is 0 Å². The Morgan fingerprint density at radius 1 is 1.11 bits per heavy atom. The Bertz CT molecular complexity index is 723. The summed E-state index contributed by atoms with van der Waals surface area (Å²) in [7, 11) is 0. The third-order valence-corrected chi connectivity index (χ3v) is 5.22. The van der Waals surface area contributed by atoms with E-state index in [9.17, 15) is 9.90 Å². The van der Waals surface area contributed by atoms with Crippen LogP contribution in [0.5, 0.6) is 0 Å². The van der Waals surface area contributed by atoms with Gasteiger partial charge in [0.25, 0.3) is 0 Å². The maximum Gasteiger partial charge on any atom is 0.239 e. The van der Waals surface area contributed by atoms with Crippen molar-refractivity contribution in [2.45, 2.75) is 44.5 Å². The number of aliphatic hydroxyl groups is 1. The van der Waals surface area contributed by atoms with Gasteiger partial charge in [0, 0.05) is 25.7 Å². The number of carbonyl (C=O) groups is 1. The summed E-state index contributed by atoms with van der Waals surface area (Å²) >= 11 is 0. The molecule has 1 heterocycles. The van der Waals surface area contributed by atoms with Gasteiger partial charge in [0.15, 0.2) is 0 Å². The van der Waals surface area contributed by atoms with Crippen molar-refractivity contribution in [3.05, 3.63) is 60.2 Å². The van der Waals surface area contributed by atoms with Crippen molar-refractivity contribution in [3.8, 4) is 11.1 Å². The Balaban J connectivity index is 1.47. The number of piperidine rings is 1. The van der Waals surface area contributed by atoms with Gasteiger partial charge in [0.05, 0.1) is 6.10 Å². The average Bonchev–Trinajstić information content (AvgIpc) is 2.70. The summed E-state index contributed by atoms with van der Waals surface area (Å²) in [4.78, 5) is 14.4. The molecule has 1 aliphatic heterocycles. The van der Waals surface area contributed by atoms with Gasteiger partial charge in [-0.25, -0.2) is 0 Å². The number of amides is 1. The summed E-state index contributed by atoms with van der Waals surface area (Å²) in [5, 5.41) is 12.4. The standard InChI is InChI=1S/C22H29N3O2/c1-16(26)21(23)22(27)24-20-11-13-25(14-12-20)15-17-7-9-19(10-8-17)18-5-3-2-4-6-18/h2-10,16,20-21,26H,11-15,23H2,1H3,(H,24,27)/t16-,21+/m1/s1. The molecule has 27 heavy (non-hydrogen) atoms. The van der Waals surface area contributed by atoms with E-state index in [0.29, 0.717) is 0 Å². The summed E-state index contributed by atoms with van der Waals surface area (Å²) in [6.45, 7) is 4.34. The van der Waals surface area contributed by atoms with Crippen molar-refractivity contribution in [2.24, 2.45) is 5.73 Å². The quantitative estimate of drug-likeness (QED) is 0.731. The fraction of sp³-hybridized carbons (Fsp3) is 0.409. The van der Waals surface area contributed by atoms with Crippen molar-refractivity contribution >= 4 is 5.91 Å². The van der Waals surface area contributed by atoms with Gasteiger partial charge in [-0.15, -0.1) is 0 Å². The molecule has 1 aliphatic rings. The Hall–Kier alpha value is -2.21. The lowest BCUT2D eigenvalue weighted by Gasteiger charge is -2.33. The first-order valence-electron chi connectivity index (χ1n) is 9.63. The molecule has 0 radical (unpaired) electrons. The van der Waals surface area contributed by atoms with Gasteiger partial charge in [0.1, 0.15) is 6.04 Å². The third-order valence-electron chi connectivity index (χ3n) is 5.22. The molecule has 144 valence electrons. The van der Waals surface area contributed by atoms with E-state index in [1.165, 1.54) is 23.6 Å². The van der Waals surface area contributed by atoms with E-state index in [1.807, 2.05) is 6.07 Å². The number of aliphatic hydroxyl groups excluding tert-OH is 1. The van der Waals surface area contributed by atoms with Crippen molar-refractivity contribution in [2.75, 3.05) is 13.1 Å². The molecule has 2 aromatic carbocycles. The van der Waals surface area contributed by atoms with E-state index >= 15 is 0 Å². The molecule has 0 aliphatic carbocycles. The molecular weight excluding hydrogens is 338 g/mol. The number of nitrogens with two attached hydrogens (primary N) is 1. The van der Waals surface area contributed by atoms with Crippen LogP contribution in [0.3, 0.4) is 0 Å². The van der Waals surface area contributed by atoms with E-state index < -0.39 is 12.1 Å². The van der Waals surface area contributed by atoms with Gasteiger partial charge in [-0.05, 0) is 36.5 Å². The zero-order valence-corrected chi connectivity index (χ0v) is 15.8. The number of hydrogen-bond acceptors (Lipinski definition) is 4. The topological polar surface area (TPSA) is 78.6 Å². The predicted molar refractivity (Wildman–Crippen MR) is 108 cm³/mol. The number of carbonyl (C=O) groups excluding carboxylic acids is 1. The third kappa shape index (κ3) is 5.39. The van der Waals surface area contributed by atoms with Gasteiger partial charge in [-0.3, -0.25) is 9.69 Å². The molecule has 1 saturated heterocycles. The average molecular weight is 367 g/mol. The van der Waals surface area contributed by atoms with Crippen LogP contribution in [0.2, 0.25) is 0 Å². The molecule has 5 nitrogen and oxygen atoms in total. The smallest absolute Gasteiger partial charge is 0.239 e. The Morgan fingerprint density at radius 2 is 1.70 bits per heavy atom. The Labute approximate surface area is 161 Å². The highest BCUT2D eigenvalue weighted by atomic mass is 16.3. The SMILES string of the molecule is C[C@@H](O)[C@H](N)C(=O)NC1CCN(Cc2ccc(-c3ccccc3)cc2)CC1. The van der Waals surface area contributed by atoms with Crippen molar-refractivity contribution in [1.82, 2.24) is 10.2 Å². The van der Waals surface area contributed by atoms with Crippen LogP contribution in [-0.2, 0) is 11.3 Å². The van der Waals surface area contributed by atoms with Crippen molar-refractivity contribution < 1.29 is 9.90 Å². The zero-order chi connectivity index (χ0) is 19.2. The van der Waals surface area contributed by atoms with Gasteiger partial charge in [0.2, 0.25) is 5.91 Å². The molecular formula is C22H29N3O2. The predicted octanol–water partition coefficient (Wildman–Crippen LogP) is 2.14. The molecule has 3 rings (SSSR count). The van der Waals surface area contributed by atoms with E-state index in [-0.39, 0.29) is 11.9 Å². The highest BCUT2D eigenvalue weighted by molar-refractivity contribution is 5.82. The van der Waals surface area contributed by atoms with E-state index in [2.05, 4.69) is 58.7 Å². The fourth-order valence-electron chi connectivity index (χ4n) is 3.44. The maximum absolute atomic E-state index is 12.0. The molecule has 0 aromatic heterocycles. The first kappa shape index (κ1) is 19.5. The molecule has 0 unspecified atom stereocenters. The van der Waals surface area contributed by atoms with Crippen LogP contribution in [0.15, 0.2) is 54.6 Å². The summed E-state index contributed by atoms with van der Waals surface area (Å²) < 4.78 is 0. The maximum atomic E-state index is 12.0. The highest BCUT2D eigenvalue weighted by Gasteiger charge is 2.24. The summed E-state index contributed by atoms with van der Waals surface area (Å²) in [5.41, 5.74) is 9.45. The molecule has 5 heteroatoms. The van der Waals surface area contributed by atoms with E-state index in [0.717, 1.165) is 32.5 Å². The van der Waals surface area contributed by atoms with Gasteiger partial charge >= 0.3 is 0 Å². The van der Waals surface area contributed by atoms with E-state index in [4.69, 9.17) is 5.73 Å². The van der Waals surface area contributed by atoms with Crippen LogP contribution in [-0.4, -0.2) is 47.2 Å². The normalized spacial score (nSPS) is 18.0. The lowest BCUT2D eigenvalue weighted by atomic mass is 10.0. The highest BCUT2D eigenvalue weighted by Crippen LogP contribution is 2.20. The molecule has 0 saturated carbocycles. The zero-order valence-electron chi connectivity index (χ0n) is 15.8. The molecule has 0 bridgehead atoms. The number of benzene rings is 2. The summed E-state index contributed by atoms with van der Waals surface area (Å²) in [6, 6.07) is 18.4. The number of rotatable bonds is 6. The Kier molecular flexibility index (Phi) is 6.61. The van der Waals surface area contributed by atoms with Crippen LogP contribution < -0.4 is 11.1 Å². The van der Waals surface area contributed by atoms with Crippen LogP contribution in [0.25, 0.3) is 11.1 Å². The molecule has 1 amide bonds. The first-order valence-corrected chi connectivity index (χ1v) is 9.63. The number of nitrogens with zero attached hydrogens (tertiary/aromatic N) is 1. The van der Waals surface area contributed by atoms with E-state index in [1.54, 1.807) is 0 Å². The van der Waals surface area contributed by atoms with Crippen LogP contribution in [0, 0.1) is 0 Å². The molecule has 2 atom stereocenters. The summed E-state index contributed by atoms with van der Waals surface area (Å²) in [5.74, 6) is -0.264. The van der Waals surface area contributed by atoms with Crippen molar-refractivity contribution in [3.63, 3.8) is 0 Å². The van der Waals surface area contributed by atoms with Crippen molar-refractivity contribution in [1.29, 1.82) is 0 Å². The van der Waals surface area contributed by atoms with Crippen LogP contribution in [0.1, 0.15) is 25.3 Å². The van der Waals surface area contributed by atoms with Gasteiger partial charge < -0.3 is 16.2 Å².